The summed E-state index contributed by atoms with van der Waals surface area (Å²) in [6.07, 6.45) is 5.59. The smallest absolute Gasteiger partial charge is 0.0334 e. The minimum absolute atomic E-state index is 0.543. The fourth-order valence-corrected chi connectivity index (χ4v) is 3.01. The van der Waals surface area contributed by atoms with E-state index in [4.69, 9.17) is 0 Å². The minimum Gasteiger partial charge on any atom is -0.312 e. The highest BCUT2D eigenvalue weighted by Crippen LogP contribution is 2.35. The van der Waals surface area contributed by atoms with Gasteiger partial charge in [-0.1, -0.05) is 6.92 Å². The second-order valence-corrected chi connectivity index (χ2v) is 4.73. The quantitative estimate of drug-likeness (QED) is 0.663. The summed E-state index contributed by atoms with van der Waals surface area (Å²) in [5, 5.41) is 3.64. The maximum atomic E-state index is 3.64. The fraction of sp³-hybridized carbons (Fsp3) is 1.00. The van der Waals surface area contributed by atoms with E-state index < -0.39 is 0 Å². The van der Waals surface area contributed by atoms with Gasteiger partial charge in [0.1, 0.15) is 0 Å². The Labute approximate surface area is 81.7 Å². The number of likely N-dealkylation sites (N-methyl/N-ethyl adjacent to an activating group) is 1. The van der Waals surface area contributed by atoms with E-state index >= 15 is 0 Å². The number of likely N-dealkylation sites (tertiary alicyclic amines) is 1. The molecule has 0 aromatic carbocycles. The van der Waals surface area contributed by atoms with Crippen LogP contribution >= 0.6 is 0 Å². The van der Waals surface area contributed by atoms with Crippen molar-refractivity contribution in [1.82, 2.24) is 10.2 Å². The molecule has 2 unspecified atom stereocenters. The van der Waals surface area contributed by atoms with Gasteiger partial charge < -0.3 is 5.32 Å². The van der Waals surface area contributed by atoms with Crippen molar-refractivity contribution in [3.05, 3.63) is 0 Å². The molecule has 2 aliphatic heterocycles. The van der Waals surface area contributed by atoms with Gasteiger partial charge in [0.25, 0.3) is 0 Å². The highest BCUT2D eigenvalue weighted by Gasteiger charge is 2.41. The topological polar surface area (TPSA) is 15.3 Å². The van der Waals surface area contributed by atoms with Gasteiger partial charge in [-0.05, 0) is 45.7 Å². The van der Waals surface area contributed by atoms with Crippen LogP contribution in [0.15, 0.2) is 0 Å². The third-order valence-corrected chi connectivity index (χ3v) is 3.94. The molecule has 0 bridgehead atoms. The molecule has 0 saturated carbocycles. The van der Waals surface area contributed by atoms with E-state index in [1.165, 1.54) is 45.3 Å². The first-order valence-corrected chi connectivity index (χ1v) is 5.75. The number of piperidine rings is 1. The summed E-state index contributed by atoms with van der Waals surface area (Å²) in [4.78, 5) is 2.69. The van der Waals surface area contributed by atoms with Crippen molar-refractivity contribution in [2.75, 3.05) is 19.6 Å². The van der Waals surface area contributed by atoms with Crippen LogP contribution < -0.4 is 5.32 Å². The monoisotopic (exact) mass is 182 g/mol. The second-order valence-electron chi connectivity index (χ2n) is 4.73. The van der Waals surface area contributed by atoms with Gasteiger partial charge in [0.2, 0.25) is 0 Å². The van der Waals surface area contributed by atoms with Gasteiger partial charge in [-0.3, -0.25) is 4.90 Å². The number of hydrogen-bond donors (Lipinski definition) is 1. The molecule has 2 fully saturated rings. The van der Waals surface area contributed by atoms with Gasteiger partial charge in [-0.2, -0.15) is 0 Å². The number of nitrogens with zero attached hydrogens (tertiary/aromatic N) is 1. The molecule has 0 radical (unpaired) electrons. The molecule has 2 aliphatic rings. The van der Waals surface area contributed by atoms with Gasteiger partial charge >= 0.3 is 0 Å². The summed E-state index contributed by atoms with van der Waals surface area (Å²) in [5.41, 5.74) is 0.543. The number of rotatable bonds is 1. The predicted octanol–water partition coefficient (Wildman–Crippen LogP) is 1.61. The highest BCUT2D eigenvalue weighted by molar-refractivity contribution is 5.00. The maximum Gasteiger partial charge on any atom is 0.0334 e. The van der Waals surface area contributed by atoms with E-state index in [2.05, 4.69) is 24.1 Å². The Morgan fingerprint density at radius 1 is 1.46 bits per heavy atom. The fourth-order valence-electron chi connectivity index (χ4n) is 3.01. The lowest BCUT2D eigenvalue weighted by Crippen LogP contribution is -2.56. The first-order valence-electron chi connectivity index (χ1n) is 5.75. The van der Waals surface area contributed by atoms with E-state index in [1.54, 1.807) is 0 Å². The van der Waals surface area contributed by atoms with Crippen LogP contribution in [0.3, 0.4) is 0 Å². The van der Waals surface area contributed by atoms with Crippen molar-refractivity contribution in [2.45, 2.75) is 51.1 Å². The number of hydrogen-bond acceptors (Lipinski definition) is 2. The Morgan fingerprint density at radius 2 is 2.31 bits per heavy atom. The summed E-state index contributed by atoms with van der Waals surface area (Å²) in [7, 11) is 0. The van der Waals surface area contributed by atoms with Crippen LogP contribution in [0.4, 0.5) is 0 Å². The lowest BCUT2D eigenvalue weighted by atomic mass is 9.85. The average Bonchev–Trinajstić information content (AvgIpc) is 2.54. The highest BCUT2D eigenvalue weighted by atomic mass is 15.2. The molecule has 2 heterocycles. The maximum absolute atomic E-state index is 3.64. The van der Waals surface area contributed by atoms with E-state index in [1.807, 2.05) is 0 Å². The van der Waals surface area contributed by atoms with Gasteiger partial charge in [-0.15, -0.1) is 0 Å². The zero-order valence-corrected chi connectivity index (χ0v) is 8.97. The average molecular weight is 182 g/mol. The normalized spacial score (nSPS) is 41.5. The molecular weight excluding hydrogens is 160 g/mol. The molecule has 1 spiro atoms. The van der Waals surface area contributed by atoms with Crippen LogP contribution in [-0.2, 0) is 0 Å². The van der Waals surface area contributed by atoms with Crippen molar-refractivity contribution in [1.29, 1.82) is 0 Å². The molecule has 76 valence electrons. The van der Waals surface area contributed by atoms with Crippen LogP contribution in [0, 0.1) is 0 Å². The van der Waals surface area contributed by atoms with Gasteiger partial charge in [0, 0.05) is 18.1 Å². The van der Waals surface area contributed by atoms with Crippen molar-refractivity contribution in [3.63, 3.8) is 0 Å². The van der Waals surface area contributed by atoms with Crippen molar-refractivity contribution in [2.24, 2.45) is 0 Å². The Hall–Kier alpha value is -0.0800. The molecule has 2 saturated heterocycles. The molecule has 2 heteroatoms. The van der Waals surface area contributed by atoms with E-state index in [9.17, 15) is 0 Å². The van der Waals surface area contributed by atoms with Crippen LogP contribution in [0.5, 0.6) is 0 Å². The summed E-state index contributed by atoms with van der Waals surface area (Å²) < 4.78 is 0. The summed E-state index contributed by atoms with van der Waals surface area (Å²) in [6.45, 7) is 8.38. The van der Waals surface area contributed by atoms with Crippen LogP contribution in [0.1, 0.15) is 39.5 Å². The molecule has 0 aromatic heterocycles. The zero-order valence-electron chi connectivity index (χ0n) is 8.97. The molecule has 0 aromatic rings. The lowest BCUT2D eigenvalue weighted by molar-refractivity contribution is 0.0993. The molecule has 0 amide bonds. The second kappa shape index (κ2) is 3.58. The molecule has 0 aliphatic carbocycles. The predicted molar refractivity (Wildman–Crippen MR) is 55.9 cm³/mol. The first-order chi connectivity index (χ1) is 6.27. The van der Waals surface area contributed by atoms with E-state index in [-0.39, 0.29) is 0 Å². The SMILES string of the molecule is CCN1CCCC12CCC(C)NC2. The van der Waals surface area contributed by atoms with Crippen LogP contribution in [0.25, 0.3) is 0 Å². The van der Waals surface area contributed by atoms with E-state index in [0.717, 1.165) is 6.04 Å². The largest absolute Gasteiger partial charge is 0.312 e. The van der Waals surface area contributed by atoms with Crippen molar-refractivity contribution < 1.29 is 0 Å². The lowest BCUT2D eigenvalue weighted by Gasteiger charge is -2.43. The third-order valence-electron chi connectivity index (χ3n) is 3.94. The Balaban J connectivity index is 2.02. The Kier molecular flexibility index (Phi) is 2.61. The minimum atomic E-state index is 0.543. The summed E-state index contributed by atoms with van der Waals surface area (Å²) in [5.74, 6) is 0. The first kappa shape index (κ1) is 9.47. The Morgan fingerprint density at radius 3 is 2.92 bits per heavy atom. The standard InChI is InChI=1S/C11H22N2/c1-3-13-8-4-6-11(13)7-5-10(2)12-9-11/h10,12H,3-9H2,1-2H3. The third kappa shape index (κ3) is 1.62. The van der Waals surface area contributed by atoms with Gasteiger partial charge in [-0.25, -0.2) is 0 Å². The molecule has 2 atom stereocenters. The van der Waals surface area contributed by atoms with E-state index in [0.29, 0.717) is 5.54 Å². The molecule has 2 nitrogen and oxygen atoms in total. The van der Waals surface area contributed by atoms with Crippen LogP contribution in [0.2, 0.25) is 0 Å². The summed E-state index contributed by atoms with van der Waals surface area (Å²) >= 11 is 0. The van der Waals surface area contributed by atoms with Crippen molar-refractivity contribution in [3.8, 4) is 0 Å². The van der Waals surface area contributed by atoms with Gasteiger partial charge in [0.15, 0.2) is 0 Å². The zero-order chi connectivity index (χ0) is 9.31. The Bertz CT molecular complexity index is 171. The van der Waals surface area contributed by atoms with Crippen molar-refractivity contribution >= 4 is 0 Å². The summed E-state index contributed by atoms with van der Waals surface area (Å²) in [6, 6.07) is 0.741. The number of nitrogens with one attached hydrogen (secondary N) is 1. The van der Waals surface area contributed by atoms with Gasteiger partial charge in [0.05, 0.1) is 0 Å². The molecule has 2 rings (SSSR count). The molecule has 13 heavy (non-hydrogen) atoms. The molecule has 1 N–H and O–H groups in total. The van der Waals surface area contributed by atoms with Crippen LogP contribution in [-0.4, -0.2) is 36.1 Å². The molecular formula is C11H22N2.